The SMILES string of the molecule is CS(=O)(=O)c1cc(C(=O)N2CCOC(c3ccc(F)cc3)C2)ccc1Cl. The summed E-state index contributed by atoms with van der Waals surface area (Å²) in [5, 5.41) is 0.0789. The maximum absolute atomic E-state index is 13.1. The normalized spacial score (nSPS) is 18.0. The number of hydrogen-bond donors (Lipinski definition) is 0. The zero-order chi connectivity index (χ0) is 18.9. The molecule has 1 unspecified atom stereocenters. The molecule has 1 fully saturated rings. The Balaban J connectivity index is 1.82. The van der Waals surface area contributed by atoms with E-state index in [0.717, 1.165) is 11.8 Å². The summed E-state index contributed by atoms with van der Waals surface area (Å²) in [6.07, 6.45) is 0.678. The molecule has 1 aliphatic rings. The van der Waals surface area contributed by atoms with Gasteiger partial charge in [-0.3, -0.25) is 4.79 Å². The van der Waals surface area contributed by atoms with Crippen LogP contribution in [0, 0.1) is 5.82 Å². The van der Waals surface area contributed by atoms with Crippen LogP contribution in [0.4, 0.5) is 4.39 Å². The van der Waals surface area contributed by atoms with Crippen molar-refractivity contribution in [1.29, 1.82) is 0 Å². The standard InChI is InChI=1S/C18H17ClFNO4S/c1-26(23,24)17-10-13(4-7-15(17)19)18(22)21-8-9-25-16(11-21)12-2-5-14(20)6-3-12/h2-7,10,16H,8-9,11H2,1H3. The number of carbonyl (C=O) groups excluding carboxylic acids is 1. The third-order valence-corrected chi connectivity index (χ3v) is 5.75. The van der Waals surface area contributed by atoms with E-state index in [2.05, 4.69) is 0 Å². The highest BCUT2D eigenvalue weighted by Gasteiger charge is 2.27. The van der Waals surface area contributed by atoms with Crippen molar-refractivity contribution in [2.24, 2.45) is 0 Å². The van der Waals surface area contributed by atoms with E-state index in [1.807, 2.05) is 0 Å². The highest BCUT2D eigenvalue weighted by molar-refractivity contribution is 7.90. The number of nitrogens with zero attached hydrogens (tertiary/aromatic N) is 1. The van der Waals surface area contributed by atoms with Crippen molar-refractivity contribution in [3.8, 4) is 0 Å². The zero-order valence-electron chi connectivity index (χ0n) is 14.0. The van der Waals surface area contributed by atoms with Crippen molar-refractivity contribution in [1.82, 2.24) is 4.90 Å². The Labute approximate surface area is 156 Å². The first-order chi connectivity index (χ1) is 12.3. The number of carbonyl (C=O) groups is 1. The first-order valence-electron chi connectivity index (χ1n) is 7.91. The van der Waals surface area contributed by atoms with Crippen LogP contribution in [0.15, 0.2) is 47.4 Å². The third kappa shape index (κ3) is 4.06. The average Bonchev–Trinajstić information content (AvgIpc) is 2.61. The second-order valence-corrected chi connectivity index (χ2v) is 8.47. The van der Waals surface area contributed by atoms with Crippen LogP contribution in [0.2, 0.25) is 5.02 Å². The van der Waals surface area contributed by atoms with E-state index >= 15 is 0 Å². The number of hydrogen-bond acceptors (Lipinski definition) is 4. The lowest BCUT2D eigenvalue weighted by molar-refractivity contribution is -0.0228. The molecule has 0 aliphatic carbocycles. The van der Waals surface area contributed by atoms with Crippen LogP contribution >= 0.6 is 11.6 Å². The Morgan fingerprint density at radius 2 is 1.92 bits per heavy atom. The van der Waals surface area contributed by atoms with Crippen molar-refractivity contribution in [2.75, 3.05) is 26.0 Å². The average molecular weight is 398 g/mol. The van der Waals surface area contributed by atoms with Crippen LogP contribution in [-0.2, 0) is 14.6 Å². The molecule has 1 atom stereocenters. The van der Waals surface area contributed by atoms with E-state index in [0.29, 0.717) is 19.7 Å². The molecule has 8 heteroatoms. The summed E-state index contributed by atoms with van der Waals surface area (Å²) in [4.78, 5) is 14.3. The van der Waals surface area contributed by atoms with Crippen molar-refractivity contribution in [3.05, 3.63) is 64.4 Å². The van der Waals surface area contributed by atoms with Crippen LogP contribution in [0.25, 0.3) is 0 Å². The molecule has 1 amide bonds. The Bertz CT molecular complexity index is 931. The van der Waals surface area contributed by atoms with Gasteiger partial charge in [0, 0.05) is 18.4 Å². The van der Waals surface area contributed by atoms with Gasteiger partial charge in [-0.25, -0.2) is 12.8 Å². The quantitative estimate of drug-likeness (QED) is 0.798. The maximum atomic E-state index is 13.1. The summed E-state index contributed by atoms with van der Waals surface area (Å²) < 4.78 is 42.4. The molecule has 26 heavy (non-hydrogen) atoms. The van der Waals surface area contributed by atoms with Gasteiger partial charge in [-0.2, -0.15) is 0 Å². The first kappa shape index (κ1) is 18.8. The van der Waals surface area contributed by atoms with Gasteiger partial charge in [-0.15, -0.1) is 0 Å². The monoisotopic (exact) mass is 397 g/mol. The molecule has 2 aromatic rings. The predicted molar refractivity (Wildman–Crippen MR) is 95.6 cm³/mol. The molecule has 1 saturated heterocycles. The second-order valence-electron chi connectivity index (χ2n) is 6.08. The molecule has 1 heterocycles. The second kappa shape index (κ2) is 7.34. The summed E-state index contributed by atoms with van der Waals surface area (Å²) in [6, 6.07) is 10.1. The number of benzene rings is 2. The van der Waals surface area contributed by atoms with Crippen molar-refractivity contribution < 1.29 is 22.3 Å². The maximum Gasteiger partial charge on any atom is 0.254 e. The van der Waals surface area contributed by atoms with Crippen LogP contribution in [0.5, 0.6) is 0 Å². The molecule has 138 valence electrons. The van der Waals surface area contributed by atoms with Gasteiger partial charge in [-0.05, 0) is 35.9 Å². The van der Waals surface area contributed by atoms with Crippen molar-refractivity contribution in [2.45, 2.75) is 11.0 Å². The molecular formula is C18H17ClFNO4S. The number of sulfone groups is 1. The molecule has 3 rings (SSSR count). The molecule has 0 radical (unpaired) electrons. The highest BCUT2D eigenvalue weighted by Crippen LogP contribution is 2.26. The summed E-state index contributed by atoms with van der Waals surface area (Å²) in [5.41, 5.74) is 1.02. The molecule has 2 aromatic carbocycles. The van der Waals surface area contributed by atoms with Gasteiger partial charge in [-0.1, -0.05) is 23.7 Å². The fraction of sp³-hybridized carbons (Fsp3) is 0.278. The fourth-order valence-corrected chi connectivity index (χ4v) is 4.12. The van der Waals surface area contributed by atoms with Crippen LogP contribution < -0.4 is 0 Å². The van der Waals surface area contributed by atoms with Gasteiger partial charge in [0.2, 0.25) is 0 Å². The summed E-state index contributed by atoms with van der Waals surface area (Å²) in [5.74, 6) is -0.645. The number of ether oxygens (including phenoxy) is 1. The van der Waals surface area contributed by atoms with Gasteiger partial charge >= 0.3 is 0 Å². The molecular weight excluding hydrogens is 381 g/mol. The number of morpholine rings is 1. The van der Waals surface area contributed by atoms with Gasteiger partial charge in [0.25, 0.3) is 5.91 Å². The first-order valence-corrected chi connectivity index (χ1v) is 10.2. The Morgan fingerprint density at radius 1 is 1.23 bits per heavy atom. The summed E-state index contributed by atoms with van der Waals surface area (Å²) in [6.45, 7) is 1.01. The fourth-order valence-electron chi connectivity index (χ4n) is 2.82. The van der Waals surface area contributed by atoms with Gasteiger partial charge in [0.1, 0.15) is 11.9 Å². The third-order valence-electron chi connectivity index (χ3n) is 4.17. The Hall–Kier alpha value is -1.96. The number of rotatable bonds is 3. The molecule has 0 saturated carbocycles. The topological polar surface area (TPSA) is 63.7 Å². The van der Waals surface area contributed by atoms with Gasteiger partial charge in [0.05, 0.1) is 23.1 Å². The highest BCUT2D eigenvalue weighted by atomic mass is 35.5. The lowest BCUT2D eigenvalue weighted by atomic mass is 10.1. The summed E-state index contributed by atoms with van der Waals surface area (Å²) >= 11 is 5.93. The number of halogens is 2. The van der Waals surface area contributed by atoms with E-state index in [4.69, 9.17) is 16.3 Å². The van der Waals surface area contributed by atoms with E-state index < -0.39 is 9.84 Å². The lowest BCUT2D eigenvalue weighted by Crippen LogP contribution is -2.42. The molecule has 0 spiro atoms. The number of amides is 1. The molecule has 0 aromatic heterocycles. The van der Waals surface area contributed by atoms with Gasteiger partial charge in [0.15, 0.2) is 9.84 Å². The molecule has 0 N–H and O–H groups in total. The minimum atomic E-state index is -3.54. The van der Waals surface area contributed by atoms with Crippen LogP contribution in [0.3, 0.4) is 0 Å². The molecule has 5 nitrogen and oxygen atoms in total. The van der Waals surface area contributed by atoms with Crippen molar-refractivity contribution in [3.63, 3.8) is 0 Å². The van der Waals surface area contributed by atoms with E-state index in [-0.39, 0.29) is 33.3 Å². The lowest BCUT2D eigenvalue weighted by Gasteiger charge is -2.33. The minimum Gasteiger partial charge on any atom is -0.370 e. The molecule has 0 bridgehead atoms. The Morgan fingerprint density at radius 3 is 2.58 bits per heavy atom. The smallest absolute Gasteiger partial charge is 0.254 e. The van der Waals surface area contributed by atoms with Gasteiger partial charge < -0.3 is 9.64 Å². The van der Waals surface area contributed by atoms with E-state index in [1.165, 1.54) is 30.3 Å². The summed E-state index contributed by atoms with van der Waals surface area (Å²) in [7, 11) is -3.54. The Kier molecular flexibility index (Phi) is 5.32. The molecule has 1 aliphatic heterocycles. The largest absolute Gasteiger partial charge is 0.370 e. The van der Waals surface area contributed by atoms with Crippen molar-refractivity contribution >= 4 is 27.3 Å². The minimum absolute atomic E-state index is 0.0756. The predicted octanol–water partition coefficient (Wildman–Crippen LogP) is 3.10. The van der Waals surface area contributed by atoms with Crippen LogP contribution in [0.1, 0.15) is 22.0 Å². The van der Waals surface area contributed by atoms with E-state index in [1.54, 1.807) is 17.0 Å². The van der Waals surface area contributed by atoms with E-state index in [9.17, 15) is 17.6 Å². The zero-order valence-corrected chi connectivity index (χ0v) is 15.6. The van der Waals surface area contributed by atoms with Crippen LogP contribution in [-0.4, -0.2) is 45.2 Å².